The van der Waals surface area contributed by atoms with E-state index in [4.69, 9.17) is 8.23 Å². The van der Waals surface area contributed by atoms with Crippen molar-refractivity contribution in [2.45, 2.75) is 45.8 Å². The topological polar surface area (TPSA) is 41.5 Å². The highest BCUT2D eigenvalue weighted by atomic mass is 28.5. The van der Waals surface area contributed by atoms with Gasteiger partial charge < -0.3 is 13.0 Å². The van der Waals surface area contributed by atoms with Crippen LogP contribution in [0.2, 0.25) is 45.8 Å². The first-order chi connectivity index (χ1) is 5.41. The monoisotopic (exact) mass is 237 g/mol. The molecule has 80 valence electrons. The molecule has 0 saturated heterocycles. The molecule has 0 aliphatic heterocycles. The zero-order valence-electron chi connectivity index (χ0n) is 9.72. The summed E-state index contributed by atoms with van der Waals surface area (Å²) in [4.78, 5) is 11.5. The van der Waals surface area contributed by atoms with Crippen LogP contribution in [-0.4, -0.2) is 25.4 Å². The summed E-state index contributed by atoms with van der Waals surface area (Å²) in [6.07, 6.45) is 0. The molecule has 0 N–H and O–H groups in total. The van der Waals surface area contributed by atoms with Gasteiger partial charge in [0.2, 0.25) is 0 Å². The van der Waals surface area contributed by atoms with Crippen LogP contribution in [0.15, 0.2) is 0 Å². The van der Waals surface area contributed by atoms with Gasteiger partial charge in [0.25, 0.3) is 0 Å². The highest BCUT2D eigenvalue weighted by Crippen LogP contribution is 2.17. The second-order valence-corrected chi connectivity index (χ2v) is 16.6. The van der Waals surface area contributed by atoms with Crippen molar-refractivity contribution < 1.29 is 13.0 Å². The fourth-order valence-electron chi connectivity index (χ4n) is 1.35. The highest BCUT2D eigenvalue weighted by molar-refractivity contribution is 6.85. The summed E-state index contributed by atoms with van der Waals surface area (Å²) < 4.78 is 11.4. The number of hydrogen-bond donors (Lipinski definition) is 0. The van der Waals surface area contributed by atoms with Crippen LogP contribution in [0.3, 0.4) is 0 Å². The number of rotatable bonds is 4. The normalized spacial score (nSPS) is 14.8. The lowest BCUT2D eigenvalue weighted by atomic mass is 11.8. The van der Waals surface area contributed by atoms with Crippen molar-refractivity contribution in [1.29, 1.82) is 0 Å². The van der Waals surface area contributed by atoms with Crippen molar-refractivity contribution >= 4 is 25.4 Å². The molecule has 0 unspecified atom stereocenters. The lowest BCUT2D eigenvalue weighted by Crippen LogP contribution is -2.57. The molecule has 0 amide bonds. The third-order valence-corrected chi connectivity index (χ3v) is 9.39. The average molecular weight is 237 g/mol. The quantitative estimate of drug-likeness (QED) is 0.698. The fraction of sp³-hybridized carbons (Fsp3) is 1.00. The Morgan fingerprint density at radius 3 is 1.38 bits per heavy atom. The lowest BCUT2D eigenvalue weighted by molar-refractivity contribution is -0.228. The predicted octanol–water partition coefficient (Wildman–Crippen LogP) is 1.62. The lowest BCUT2D eigenvalue weighted by Gasteiger charge is -2.40. The van der Waals surface area contributed by atoms with Gasteiger partial charge in [-0.2, -0.15) is 0 Å². The zero-order chi connectivity index (χ0) is 10.9. The van der Waals surface area contributed by atoms with E-state index in [1.54, 1.807) is 13.1 Å². The Balaban J connectivity index is 4.25. The fourth-order valence-corrected chi connectivity index (χ4v) is 12.5. The average Bonchev–Trinajstić information content (AvgIpc) is 1.43. The minimum atomic E-state index is -2.68. The SMILES string of the molecule is C[Si](C)(C)O[Si](C)(C)O[Si](C)(C)[O-]. The summed E-state index contributed by atoms with van der Waals surface area (Å²) in [5.41, 5.74) is 0. The van der Waals surface area contributed by atoms with E-state index in [1.165, 1.54) is 0 Å². The summed E-state index contributed by atoms with van der Waals surface area (Å²) in [6, 6.07) is 0. The smallest absolute Gasteiger partial charge is 0.310 e. The Morgan fingerprint density at radius 2 is 1.15 bits per heavy atom. The standard InChI is InChI=1S/C7H21O3Si3/c1-11(2,3)9-13(6,7)10-12(4,5)8/h1-7H3/q-1. The second-order valence-electron chi connectivity index (χ2n) is 5.12. The Labute approximate surface area is 84.7 Å². The molecule has 0 aromatic carbocycles. The molecule has 0 aromatic rings. The zero-order valence-corrected chi connectivity index (χ0v) is 12.7. The number of hydrogen-bond acceptors (Lipinski definition) is 3. The van der Waals surface area contributed by atoms with Gasteiger partial charge >= 0.3 is 8.56 Å². The van der Waals surface area contributed by atoms with E-state index in [1.807, 2.05) is 13.1 Å². The molecule has 0 aliphatic carbocycles. The van der Waals surface area contributed by atoms with Gasteiger partial charge in [0.05, 0.1) is 8.56 Å². The predicted molar refractivity (Wildman–Crippen MR) is 60.5 cm³/mol. The molecule has 0 aromatic heterocycles. The maximum Gasteiger partial charge on any atom is 0.310 e. The van der Waals surface area contributed by atoms with Gasteiger partial charge in [0, 0.05) is 0 Å². The Morgan fingerprint density at radius 1 is 0.769 bits per heavy atom. The van der Waals surface area contributed by atoms with E-state index in [0.717, 1.165) is 0 Å². The van der Waals surface area contributed by atoms with E-state index in [2.05, 4.69) is 19.6 Å². The van der Waals surface area contributed by atoms with Gasteiger partial charge in [-0.3, -0.25) is 0 Å². The van der Waals surface area contributed by atoms with Crippen LogP contribution in [0.5, 0.6) is 0 Å². The molecule has 0 radical (unpaired) electrons. The molecule has 13 heavy (non-hydrogen) atoms. The Bertz CT molecular complexity index is 151. The van der Waals surface area contributed by atoms with E-state index in [0.29, 0.717) is 0 Å². The van der Waals surface area contributed by atoms with Gasteiger partial charge in [-0.25, -0.2) is 0 Å². The van der Waals surface area contributed by atoms with Crippen molar-refractivity contribution in [2.75, 3.05) is 0 Å². The van der Waals surface area contributed by atoms with Crippen LogP contribution >= 0.6 is 0 Å². The van der Waals surface area contributed by atoms with Crippen LogP contribution in [0, 0.1) is 0 Å². The maximum absolute atomic E-state index is 11.5. The van der Waals surface area contributed by atoms with Gasteiger partial charge in [-0.1, -0.05) is 13.1 Å². The molecule has 0 bridgehead atoms. The van der Waals surface area contributed by atoms with Crippen LogP contribution in [0.4, 0.5) is 0 Å². The van der Waals surface area contributed by atoms with Crippen LogP contribution < -0.4 is 4.80 Å². The molecule has 3 nitrogen and oxygen atoms in total. The van der Waals surface area contributed by atoms with Gasteiger partial charge in [-0.05, 0) is 32.7 Å². The molecule has 0 rings (SSSR count). The van der Waals surface area contributed by atoms with Crippen molar-refractivity contribution in [2.24, 2.45) is 0 Å². The first-order valence-corrected chi connectivity index (χ1v) is 13.6. The molecule has 0 spiro atoms. The largest absolute Gasteiger partial charge is 0.839 e. The van der Waals surface area contributed by atoms with Crippen molar-refractivity contribution in [3.05, 3.63) is 0 Å². The van der Waals surface area contributed by atoms with Crippen molar-refractivity contribution in [1.82, 2.24) is 0 Å². The molecular weight excluding hydrogens is 216 g/mol. The summed E-state index contributed by atoms with van der Waals surface area (Å²) >= 11 is 0. The summed E-state index contributed by atoms with van der Waals surface area (Å²) in [6.45, 7) is 13.6. The molecule has 0 heterocycles. The Hall–Kier alpha value is 0.531. The molecule has 0 aliphatic rings. The third kappa shape index (κ3) is 8.85. The minimum absolute atomic E-state index is 1.57. The van der Waals surface area contributed by atoms with E-state index >= 15 is 0 Å². The first kappa shape index (κ1) is 13.5. The first-order valence-electron chi connectivity index (χ1n) is 4.52. The van der Waals surface area contributed by atoms with Gasteiger partial charge in [0.15, 0.2) is 8.32 Å². The summed E-state index contributed by atoms with van der Waals surface area (Å²) in [5.74, 6) is 0. The van der Waals surface area contributed by atoms with E-state index < -0.39 is 25.4 Å². The van der Waals surface area contributed by atoms with Gasteiger partial charge in [-0.15, -0.1) is 0 Å². The summed E-state index contributed by atoms with van der Waals surface area (Å²) in [7, 11) is -6.42. The van der Waals surface area contributed by atoms with E-state index in [-0.39, 0.29) is 0 Å². The molecule has 0 saturated carbocycles. The molecule has 0 fully saturated rings. The maximum atomic E-state index is 11.5. The van der Waals surface area contributed by atoms with Gasteiger partial charge in [0.1, 0.15) is 0 Å². The van der Waals surface area contributed by atoms with E-state index in [9.17, 15) is 4.80 Å². The highest BCUT2D eigenvalue weighted by Gasteiger charge is 2.33. The van der Waals surface area contributed by atoms with Crippen molar-refractivity contribution in [3.63, 3.8) is 0 Å². The molecule has 6 heteroatoms. The minimum Gasteiger partial charge on any atom is -0.839 e. The molecule has 0 atom stereocenters. The van der Waals surface area contributed by atoms with Crippen LogP contribution in [0.25, 0.3) is 0 Å². The second kappa shape index (κ2) is 3.95. The van der Waals surface area contributed by atoms with Crippen LogP contribution in [0.1, 0.15) is 0 Å². The summed E-state index contributed by atoms with van der Waals surface area (Å²) in [5, 5.41) is 0. The molecular formula is C7H21O3Si3-. The Kier molecular flexibility index (Phi) is 4.11. The van der Waals surface area contributed by atoms with Crippen molar-refractivity contribution in [3.8, 4) is 0 Å². The third-order valence-electron chi connectivity index (χ3n) is 1.04. The van der Waals surface area contributed by atoms with Crippen LogP contribution in [-0.2, 0) is 8.23 Å².